The van der Waals surface area contributed by atoms with Gasteiger partial charge in [-0.1, -0.05) is 0 Å². The van der Waals surface area contributed by atoms with E-state index in [1.165, 1.54) is 0 Å². The highest BCUT2D eigenvalue weighted by atomic mass is 16.3. The number of anilines is 1. The molecule has 0 saturated carbocycles. The van der Waals surface area contributed by atoms with Gasteiger partial charge < -0.3 is 5.11 Å². The summed E-state index contributed by atoms with van der Waals surface area (Å²) in [5.74, 6) is -1.27. The molecule has 1 saturated heterocycles. The quantitative estimate of drug-likeness (QED) is 0.564. The molecule has 0 radical (unpaired) electrons. The van der Waals surface area contributed by atoms with Gasteiger partial charge in [0, 0.05) is 0 Å². The zero-order valence-corrected chi connectivity index (χ0v) is 7.56. The first-order chi connectivity index (χ1) is 7.06. The monoisotopic (exact) mass is 209 g/mol. The van der Waals surface area contributed by atoms with Crippen LogP contribution in [0.25, 0.3) is 0 Å². The van der Waals surface area contributed by atoms with Crippen LogP contribution >= 0.6 is 0 Å². The molecule has 15 heavy (non-hydrogen) atoms. The Bertz CT molecular complexity index is 493. The number of hydrogen-bond donors (Lipinski definition) is 2. The van der Waals surface area contributed by atoms with Crippen molar-refractivity contribution in [3.05, 3.63) is 16.4 Å². The highest BCUT2D eigenvalue weighted by Crippen LogP contribution is 2.15. The summed E-state index contributed by atoms with van der Waals surface area (Å²) in [5, 5.41) is 9.05. The molecule has 2 heterocycles. The lowest BCUT2D eigenvalue weighted by Gasteiger charge is -2.11. The Balaban J connectivity index is 2.41. The third kappa shape index (κ3) is 1.71. The molecule has 2 rings (SSSR count). The molecule has 0 aromatic carbocycles. The van der Waals surface area contributed by atoms with E-state index in [0.29, 0.717) is 0 Å². The van der Waals surface area contributed by atoms with Crippen molar-refractivity contribution in [1.29, 1.82) is 0 Å². The first-order valence-electron chi connectivity index (χ1n) is 4.18. The van der Waals surface area contributed by atoms with Gasteiger partial charge in [-0.2, -0.15) is 4.98 Å². The fourth-order valence-corrected chi connectivity index (χ4v) is 1.34. The molecular weight excluding hydrogens is 202 g/mol. The molecule has 1 amide bonds. The number of Topliss-reactive ketones (excluding diaryl/α,β-unsaturated/α-hetero) is 1. The number of amides is 1. The van der Waals surface area contributed by atoms with Crippen LogP contribution in [-0.2, 0) is 9.59 Å². The summed E-state index contributed by atoms with van der Waals surface area (Å²) in [6.45, 7) is -0.120. The first-order valence-corrected chi connectivity index (χ1v) is 4.18. The highest BCUT2D eigenvalue weighted by Gasteiger charge is 2.30. The van der Waals surface area contributed by atoms with Crippen LogP contribution in [0.5, 0.6) is 5.88 Å². The lowest BCUT2D eigenvalue weighted by Crippen LogP contribution is -2.28. The van der Waals surface area contributed by atoms with E-state index >= 15 is 0 Å². The van der Waals surface area contributed by atoms with E-state index in [-0.39, 0.29) is 24.7 Å². The number of nitrogens with one attached hydrogen (secondary N) is 1. The molecule has 7 nitrogen and oxygen atoms in total. The Morgan fingerprint density at radius 3 is 2.67 bits per heavy atom. The molecule has 0 spiro atoms. The van der Waals surface area contributed by atoms with Crippen LogP contribution < -0.4 is 10.5 Å². The molecule has 1 aromatic rings. The molecule has 2 N–H and O–H groups in total. The third-order valence-electron chi connectivity index (χ3n) is 1.96. The van der Waals surface area contributed by atoms with Gasteiger partial charge >= 0.3 is 0 Å². The molecule has 0 atom stereocenters. The van der Waals surface area contributed by atoms with Gasteiger partial charge in [-0.05, 0) is 0 Å². The highest BCUT2D eigenvalue weighted by molar-refractivity contribution is 6.14. The summed E-state index contributed by atoms with van der Waals surface area (Å²) in [7, 11) is 0. The van der Waals surface area contributed by atoms with E-state index in [4.69, 9.17) is 5.11 Å². The molecule has 1 fully saturated rings. The molecule has 0 bridgehead atoms. The fraction of sp³-hybridized carbons (Fsp3) is 0.250. The smallest absolute Gasteiger partial charge is 0.256 e. The molecule has 1 aromatic heterocycles. The average molecular weight is 209 g/mol. The zero-order chi connectivity index (χ0) is 11.0. The maximum Gasteiger partial charge on any atom is 0.256 e. The number of aromatic amines is 1. The van der Waals surface area contributed by atoms with Gasteiger partial charge in [-0.3, -0.25) is 24.3 Å². The van der Waals surface area contributed by atoms with Gasteiger partial charge in [0.1, 0.15) is 0 Å². The number of rotatable bonds is 1. The van der Waals surface area contributed by atoms with Crippen molar-refractivity contribution in [2.24, 2.45) is 0 Å². The fourth-order valence-electron chi connectivity index (χ4n) is 1.34. The van der Waals surface area contributed by atoms with Crippen molar-refractivity contribution in [3.63, 3.8) is 0 Å². The number of nitrogens with zero attached hydrogens (tertiary/aromatic N) is 2. The van der Waals surface area contributed by atoms with Gasteiger partial charge in [0.15, 0.2) is 5.78 Å². The van der Waals surface area contributed by atoms with Gasteiger partial charge in [0.25, 0.3) is 5.56 Å². The lowest BCUT2D eigenvalue weighted by atomic mass is 10.3. The van der Waals surface area contributed by atoms with Crippen molar-refractivity contribution < 1.29 is 14.7 Å². The van der Waals surface area contributed by atoms with E-state index in [2.05, 4.69) is 9.97 Å². The van der Waals surface area contributed by atoms with E-state index in [1.54, 1.807) is 0 Å². The molecular formula is C8H7N3O4. The van der Waals surface area contributed by atoms with Crippen molar-refractivity contribution >= 4 is 17.6 Å². The number of aromatic hydroxyl groups is 1. The Labute approximate surface area is 83.4 Å². The summed E-state index contributed by atoms with van der Waals surface area (Å²) in [6, 6.07) is 0.881. The number of hydrogen-bond acceptors (Lipinski definition) is 5. The second-order valence-corrected chi connectivity index (χ2v) is 3.12. The second kappa shape index (κ2) is 3.19. The summed E-state index contributed by atoms with van der Waals surface area (Å²) in [6.07, 6.45) is -0.195. The minimum Gasteiger partial charge on any atom is -0.493 e. The third-order valence-corrected chi connectivity index (χ3v) is 1.96. The van der Waals surface area contributed by atoms with Gasteiger partial charge in [-0.25, -0.2) is 0 Å². The minimum atomic E-state index is -0.579. The van der Waals surface area contributed by atoms with Gasteiger partial charge in [0.05, 0.1) is 19.0 Å². The predicted octanol–water partition coefficient (Wildman–Crippen LogP) is -1.22. The Kier molecular flexibility index (Phi) is 2.00. The van der Waals surface area contributed by atoms with Crippen LogP contribution in [0.1, 0.15) is 6.42 Å². The summed E-state index contributed by atoms with van der Waals surface area (Å²) in [4.78, 5) is 40.1. The zero-order valence-electron chi connectivity index (χ0n) is 7.56. The van der Waals surface area contributed by atoms with Crippen LogP contribution in [0.4, 0.5) is 5.95 Å². The SMILES string of the molecule is O=C1CC(=O)N(c2nc(O)cc(=O)[nH]2)C1. The normalized spacial score (nSPS) is 16.1. The topological polar surface area (TPSA) is 103 Å². The second-order valence-electron chi connectivity index (χ2n) is 3.12. The lowest BCUT2D eigenvalue weighted by molar-refractivity contribution is -0.121. The average Bonchev–Trinajstić information content (AvgIpc) is 2.43. The van der Waals surface area contributed by atoms with Crippen molar-refractivity contribution in [3.8, 4) is 5.88 Å². The number of ketones is 1. The van der Waals surface area contributed by atoms with Gasteiger partial charge in [-0.15, -0.1) is 0 Å². The van der Waals surface area contributed by atoms with E-state index in [1.807, 2.05) is 0 Å². The largest absolute Gasteiger partial charge is 0.493 e. The number of aromatic nitrogens is 2. The Hall–Kier alpha value is -2.18. The van der Waals surface area contributed by atoms with E-state index in [9.17, 15) is 14.4 Å². The summed E-state index contributed by atoms with van der Waals surface area (Å²) in [5.41, 5.74) is -0.579. The summed E-state index contributed by atoms with van der Waals surface area (Å²) >= 11 is 0. The van der Waals surface area contributed by atoms with Crippen molar-refractivity contribution in [2.45, 2.75) is 6.42 Å². The summed E-state index contributed by atoms with van der Waals surface area (Å²) < 4.78 is 0. The molecule has 1 aliphatic heterocycles. The maximum atomic E-state index is 11.3. The maximum absolute atomic E-state index is 11.3. The first kappa shape index (κ1) is 9.38. The van der Waals surface area contributed by atoms with Crippen LogP contribution in [0.3, 0.4) is 0 Å². The number of carbonyl (C=O) groups is 2. The molecule has 78 valence electrons. The van der Waals surface area contributed by atoms with E-state index in [0.717, 1.165) is 11.0 Å². The van der Waals surface area contributed by atoms with Crippen molar-refractivity contribution in [1.82, 2.24) is 9.97 Å². The van der Waals surface area contributed by atoms with Crippen LogP contribution in [0, 0.1) is 0 Å². The molecule has 0 aliphatic carbocycles. The van der Waals surface area contributed by atoms with Crippen molar-refractivity contribution in [2.75, 3.05) is 11.4 Å². The number of H-pyrrole nitrogens is 1. The number of carbonyl (C=O) groups excluding carboxylic acids is 2. The van der Waals surface area contributed by atoms with Crippen LogP contribution in [0.15, 0.2) is 10.9 Å². The Morgan fingerprint density at radius 1 is 1.40 bits per heavy atom. The molecule has 7 heteroatoms. The van der Waals surface area contributed by atoms with Crippen LogP contribution in [-0.4, -0.2) is 33.3 Å². The predicted molar refractivity (Wildman–Crippen MR) is 48.5 cm³/mol. The molecule has 0 unspecified atom stereocenters. The molecule has 1 aliphatic rings. The van der Waals surface area contributed by atoms with Gasteiger partial charge in [0.2, 0.25) is 17.7 Å². The van der Waals surface area contributed by atoms with E-state index < -0.39 is 17.3 Å². The Morgan fingerprint density at radius 2 is 2.13 bits per heavy atom. The van der Waals surface area contributed by atoms with Crippen LogP contribution in [0.2, 0.25) is 0 Å². The standard InChI is InChI=1S/C8H7N3O4/c12-4-1-7(15)11(3-4)8-9-5(13)2-6(14)10-8/h2H,1,3H2,(H2,9,10,13,14). The minimum absolute atomic E-state index is 0.101.